The molecule has 0 spiro atoms. The first-order valence-corrected chi connectivity index (χ1v) is 8.68. The topological polar surface area (TPSA) is 107 Å². The summed E-state index contributed by atoms with van der Waals surface area (Å²) in [6.07, 6.45) is -1.11. The number of rotatable bonds is 6. The van der Waals surface area contributed by atoms with Gasteiger partial charge >= 0.3 is 0 Å². The van der Waals surface area contributed by atoms with E-state index < -0.39 is 17.6 Å². The van der Waals surface area contributed by atoms with E-state index in [4.69, 9.17) is 33.7 Å². The highest BCUT2D eigenvalue weighted by Crippen LogP contribution is 2.32. The van der Waals surface area contributed by atoms with Gasteiger partial charge in [0.15, 0.2) is 11.4 Å². The van der Waals surface area contributed by atoms with Crippen molar-refractivity contribution < 1.29 is 14.6 Å². The lowest BCUT2D eigenvalue weighted by molar-refractivity contribution is 0.0872. The molecule has 1 aromatic heterocycles. The van der Waals surface area contributed by atoms with E-state index in [2.05, 4.69) is 5.10 Å². The van der Waals surface area contributed by atoms with Gasteiger partial charge in [-0.3, -0.25) is 9.59 Å². The molecule has 9 heteroatoms. The third-order valence-electron chi connectivity index (χ3n) is 3.82. The molecule has 0 saturated carbocycles. The number of hydrogen-bond donors (Lipinski definition) is 2. The van der Waals surface area contributed by atoms with Crippen LogP contribution in [0, 0.1) is 0 Å². The fraction of sp³-hybridized carbons (Fsp3) is 0.167. The lowest BCUT2D eigenvalue weighted by atomic mass is 10.1. The van der Waals surface area contributed by atoms with Crippen molar-refractivity contribution in [3.63, 3.8) is 0 Å². The second-order valence-corrected chi connectivity index (χ2v) is 6.58. The monoisotopic (exact) mass is 407 g/mol. The van der Waals surface area contributed by atoms with Crippen LogP contribution in [0.2, 0.25) is 10.0 Å². The van der Waals surface area contributed by atoms with Gasteiger partial charge in [0.05, 0.1) is 22.0 Å². The number of nitrogens with two attached hydrogens (primary N) is 1. The van der Waals surface area contributed by atoms with Gasteiger partial charge in [-0.2, -0.15) is 5.10 Å². The second-order valence-electron chi connectivity index (χ2n) is 5.76. The van der Waals surface area contributed by atoms with E-state index >= 15 is 0 Å². The minimum atomic E-state index is -1.11. The highest BCUT2D eigenvalue weighted by molar-refractivity contribution is 6.37. The van der Waals surface area contributed by atoms with Crippen molar-refractivity contribution in [3.05, 3.63) is 68.6 Å². The third-order valence-corrected chi connectivity index (χ3v) is 4.42. The number of para-hydroxylation sites is 1. The minimum absolute atomic E-state index is 0.0486. The van der Waals surface area contributed by atoms with Crippen LogP contribution < -0.4 is 16.0 Å². The molecule has 0 aliphatic carbocycles. The van der Waals surface area contributed by atoms with E-state index in [1.165, 1.54) is 0 Å². The van der Waals surface area contributed by atoms with E-state index in [0.29, 0.717) is 15.4 Å². The number of hydrogen-bond acceptors (Lipinski definition) is 5. The van der Waals surface area contributed by atoms with Gasteiger partial charge in [-0.1, -0.05) is 47.5 Å². The summed E-state index contributed by atoms with van der Waals surface area (Å²) in [5.74, 6) is -0.537. The van der Waals surface area contributed by atoms with Crippen LogP contribution in [0.25, 0.3) is 10.8 Å². The molecule has 2 aromatic carbocycles. The fourth-order valence-corrected chi connectivity index (χ4v) is 3.10. The Bertz CT molecular complexity index is 1050. The molecule has 3 rings (SSSR count). The van der Waals surface area contributed by atoms with Gasteiger partial charge in [0.25, 0.3) is 11.5 Å². The number of ether oxygens (including phenoxy) is 1. The van der Waals surface area contributed by atoms with Crippen molar-refractivity contribution in [2.24, 2.45) is 5.73 Å². The molecule has 0 saturated heterocycles. The Hall–Kier alpha value is -2.61. The zero-order chi connectivity index (χ0) is 19.6. The van der Waals surface area contributed by atoms with Gasteiger partial charge in [-0.15, -0.1) is 0 Å². The number of aromatic nitrogens is 2. The van der Waals surface area contributed by atoms with Gasteiger partial charge in [0, 0.05) is 5.39 Å². The van der Waals surface area contributed by atoms with Gasteiger partial charge in [-0.05, 0) is 18.2 Å². The summed E-state index contributed by atoms with van der Waals surface area (Å²) < 4.78 is 6.45. The number of carbonyl (C=O) groups is 1. The van der Waals surface area contributed by atoms with Crippen LogP contribution in [0.4, 0.5) is 0 Å². The number of aliphatic hydroxyl groups is 1. The quantitative estimate of drug-likeness (QED) is 0.651. The summed E-state index contributed by atoms with van der Waals surface area (Å²) in [7, 11) is 0. The molecule has 0 bridgehead atoms. The number of primary amides is 1. The van der Waals surface area contributed by atoms with E-state index in [1.807, 2.05) is 0 Å². The maximum absolute atomic E-state index is 12.6. The zero-order valence-electron chi connectivity index (χ0n) is 13.9. The maximum atomic E-state index is 12.6. The Morgan fingerprint density at radius 1 is 1.15 bits per heavy atom. The summed E-state index contributed by atoms with van der Waals surface area (Å²) in [6.45, 7) is -0.387. The predicted octanol–water partition coefficient (Wildman–Crippen LogP) is 2.24. The average molecular weight is 408 g/mol. The molecular weight excluding hydrogens is 393 g/mol. The Labute approximate surface area is 163 Å². The van der Waals surface area contributed by atoms with Crippen LogP contribution in [0.3, 0.4) is 0 Å². The highest BCUT2D eigenvalue weighted by atomic mass is 35.5. The molecule has 0 fully saturated rings. The lowest BCUT2D eigenvalue weighted by Crippen LogP contribution is -2.34. The van der Waals surface area contributed by atoms with Crippen molar-refractivity contribution in [1.29, 1.82) is 0 Å². The number of benzene rings is 2. The van der Waals surface area contributed by atoms with Crippen LogP contribution in [0.15, 0.2) is 47.3 Å². The number of aliphatic hydroxyl groups excluding tert-OH is 1. The number of nitrogens with zero attached hydrogens (tertiary/aromatic N) is 2. The molecule has 0 aliphatic rings. The molecule has 0 aliphatic heterocycles. The van der Waals surface area contributed by atoms with Gasteiger partial charge in [-0.25, -0.2) is 4.68 Å². The number of fused-ring (bicyclic) bond motifs is 1. The third kappa shape index (κ3) is 4.05. The Kier molecular flexibility index (Phi) is 5.65. The van der Waals surface area contributed by atoms with Gasteiger partial charge < -0.3 is 15.6 Å². The van der Waals surface area contributed by atoms with Crippen molar-refractivity contribution >= 4 is 39.9 Å². The van der Waals surface area contributed by atoms with Gasteiger partial charge in [0.1, 0.15) is 12.7 Å². The van der Waals surface area contributed by atoms with E-state index in [1.54, 1.807) is 42.5 Å². The molecule has 0 radical (unpaired) electrons. The smallest absolute Gasteiger partial charge is 0.274 e. The van der Waals surface area contributed by atoms with E-state index in [0.717, 1.165) is 4.68 Å². The first-order chi connectivity index (χ1) is 12.9. The molecule has 1 atom stereocenters. The van der Waals surface area contributed by atoms with Crippen LogP contribution in [-0.2, 0) is 6.54 Å². The SMILES string of the molecule is NC(=O)c1nn(CC(O)COc2c(Cl)cccc2Cl)c(=O)c2ccccc12. The Balaban J connectivity index is 1.85. The van der Waals surface area contributed by atoms with Crippen molar-refractivity contribution in [2.45, 2.75) is 12.6 Å². The molecule has 1 heterocycles. The number of carbonyl (C=O) groups excluding carboxylic acids is 1. The predicted molar refractivity (Wildman–Crippen MR) is 102 cm³/mol. The normalized spacial score (nSPS) is 12.1. The van der Waals surface area contributed by atoms with Crippen LogP contribution in [-0.4, -0.2) is 33.5 Å². The Morgan fingerprint density at radius 3 is 2.41 bits per heavy atom. The van der Waals surface area contributed by atoms with Gasteiger partial charge in [0.2, 0.25) is 0 Å². The lowest BCUT2D eigenvalue weighted by Gasteiger charge is -2.15. The minimum Gasteiger partial charge on any atom is -0.488 e. The second kappa shape index (κ2) is 7.96. The molecule has 1 amide bonds. The number of amides is 1. The molecule has 3 aromatic rings. The molecule has 3 N–H and O–H groups in total. The largest absolute Gasteiger partial charge is 0.488 e. The van der Waals surface area contributed by atoms with Crippen molar-refractivity contribution in [2.75, 3.05) is 6.61 Å². The van der Waals surface area contributed by atoms with Crippen molar-refractivity contribution in [3.8, 4) is 5.75 Å². The summed E-state index contributed by atoms with van der Waals surface area (Å²) in [6, 6.07) is 11.4. The molecular formula is C18H15Cl2N3O4. The van der Waals surface area contributed by atoms with Crippen LogP contribution in [0.5, 0.6) is 5.75 Å². The maximum Gasteiger partial charge on any atom is 0.274 e. The van der Waals surface area contributed by atoms with Crippen LogP contribution >= 0.6 is 23.2 Å². The first-order valence-electron chi connectivity index (χ1n) is 7.93. The van der Waals surface area contributed by atoms with E-state index in [9.17, 15) is 14.7 Å². The summed E-state index contributed by atoms with van der Waals surface area (Å²) >= 11 is 12.0. The standard InChI is InChI=1S/C18H15Cl2N3O4/c19-13-6-3-7-14(20)16(13)27-9-10(24)8-23-18(26)12-5-2-1-4-11(12)15(22-23)17(21)25/h1-7,10,24H,8-9H2,(H2,21,25). The summed E-state index contributed by atoms with van der Waals surface area (Å²) in [5, 5.41) is 15.5. The molecule has 27 heavy (non-hydrogen) atoms. The van der Waals surface area contributed by atoms with E-state index in [-0.39, 0.29) is 30.0 Å². The Morgan fingerprint density at radius 2 is 1.78 bits per heavy atom. The molecule has 7 nitrogen and oxygen atoms in total. The highest BCUT2D eigenvalue weighted by Gasteiger charge is 2.17. The van der Waals surface area contributed by atoms with Crippen LogP contribution in [0.1, 0.15) is 10.5 Å². The summed E-state index contributed by atoms with van der Waals surface area (Å²) in [4.78, 5) is 24.3. The number of halogens is 2. The molecule has 1 unspecified atom stereocenters. The summed E-state index contributed by atoms with van der Waals surface area (Å²) in [5.41, 5.74) is 4.86. The zero-order valence-corrected chi connectivity index (χ0v) is 15.4. The fourth-order valence-electron chi connectivity index (χ4n) is 2.59. The van der Waals surface area contributed by atoms with Crippen molar-refractivity contribution in [1.82, 2.24) is 9.78 Å². The average Bonchev–Trinajstić information content (AvgIpc) is 2.63. The molecule has 140 valence electrons. The first kappa shape index (κ1) is 19.2.